The molecule has 2 saturated heterocycles. The van der Waals surface area contributed by atoms with E-state index < -0.39 is 17.4 Å². The van der Waals surface area contributed by atoms with E-state index >= 15 is 0 Å². The summed E-state index contributed by atoms with van der Waals surface area (Å²) in [5, 5.41) is 12.3. The number of hydrogen-bond donors (Lipinski definition) is 2. The minimum Gasteiger partial charge on any atom is -0.481 e. The Morgan fingerprint density at radius 3 is 2.67 bits per heavy atom. The van der Waals surface area contributed by atoms with Crippen molar-refractivity contribution < 1.29 is 14.7 Å². The fourth-order valence-corrected chi connectivity index (χ4v) is 3.74. The third kappa shape index (κ3) is 3.21. The monoisotopic (exact) mass is 332 g/mol. The topological polar surface area (TPSA) is 85.8 Å². The first-order chi connectivity index (χ1) is 11.4. The van der Waals surface area contributed by atoms with Gasteiger partial charge in [-0.1, -0.05) is 6.07 Å². The molecular weight excluding hydrogens is 308 g/mol. The van der Waals surface area contributed by atoms with Crippen LogP contribution in [0.4, 0.5) is 5.82 Å². The molecule has 1 aromatic heterocycles. The second kappa shape index (κ2) is 6.39. The number of aromatic nitrogens is 1. The maximum atomic E-state index is 11.7. The highest BCUT2D eigenvalue weighted by Crippen LogP contribution is 2.37. The lowest BCUT2D eigenvalue weighted by molar-refractivity contribution is -0.144. The standard InChI is InChI=1S/C17H24N4O3/c1-20(2)14-4-3-12(10-18-14)11-21-7-5-17(6-8-21)13(16(23)24)9-15(22)19-17/h3-4,10,13H,5-9,11H2,1-2H3,(H,19,22)(H,23,24)/t13-/m0/s1. The molecule has 3 heterocycles. The zero-order valence-corrected chi connectivity index (χ0v) is 14.2. The summed E-state index contributed by atoms with van der Waals surface area (Å²) in [5.74, 6) is -0.688. The van der Waals surface area contributed by atoms with Gasteiger partial charge in [-0.25, -0.2) is 4.98 Å². The van der Waals surface area contributed by atoms with Gasteiger partial charge in [0, 0.05) is 46.3 Å². The van der Waals surface area contributed by atoms with Gasteiger partial charge in [0.2, 0.25) is 5.91 Å². The molecule has 0 radical (unpaired) electrons. The van der Waals surface area contributed by atoms with E-state index in [2.05, 4.69) is 21.3 Å². The first kappa shape index (κ1) is 16.7. The molecule has 2 aliphatic heterocycles. The Kier molecular flexibility index (Phi) is 4.45. The van der Waals surface area contributed by atoms with Crippen molar-refractivity contribution in [3.05, 3.63) is 23.9 Å². The van der Waals surface area contributed by atoms with Gasteiger partial charge in [-0.05, 0) is 24.5 Å². The summed E-state index contributed by atoms with van der Waals surface area (Å²) in [6.45, 7) is 2.35. The van der Waals surface area contributed by atoms with Crippen LogP contribution < -0.4 is 10.2 Å². The van der Waals surface area contributed by atoms with Crippen molar-refractivity contribution in [3.63, 3.8) is 0 Å². The van der Waals surface area contributed by atoms with E-state index in [4.69, 9.17) is 0 Å². The van der Waals surface area contributed by atoms with Crippen LogP contribution in [0.3, 0.4) is 0 Å². The largest absolute Gasteiger partial charge is 0.481 e. The van der Waals surface area contributed by atoms with Crippen LogP contribution in [0, 0.1) is 5.92 Å². The number of carbonyl (C=O) groups excluding carboxylic acids is 1. The third-order valence-corrected chi connectivity index (χ3v) is 5.16. The zero-order valence-electron chi connectivity index (χ0n) is 14.2. The lowest BCUT2D eigenvalue weighted by Crippen LogP contribution is -2.55. The number of rotatable bonds is 4. The van der Waals surface area contributed by atoms with Crippen LogP contribution in [0.1, 0.15) is 24.8 Å². The molecule has 0 saturated carbocycles. The third-order valence-electron chi connectivity index (χ3n) is 5.16. The second-order valence-electron chi connectivity index (χ2n) is 6.99. The van der Waals surface area contributed by atoms with Gasteiger partial charge in [0.1, 0.15) is 5.82 Å². The molecule has 0 bridgehead atoms. The smallest absolute Gasteiger partial charge is 0.309 e. The highest BCUT2D eigenvalue weighted by Gasteiger charge is 2.51. The summed E-state index contributed by atoms with van der Waals surface area (Å²) in [7, 11) is 3.92. The molecule has 24 heavy (non-hydrogen) atoms. The van der Waals surface area contributed by atoms with Crippen LogP contribution in [0.15, 0.2) is 18.3 Å². The predicted octanol–water partition coefficient (Wildman–Crippen LogP) is 0.703. The highest BCUT2D eigenvalue weighted by atomic mass is 16.4. The maximum Gasteiger partial charge on any atom is 0.309 e. The molecule has 2 N–H and O–H groups in total. The van der Waals surface area contributed by atoms with Crippen molar-refractivity contribution in [3.8, 4) is 0 Å². The van der Waals surface area contributed by atoms with Crippen molar-refractivity contribution in [1.29, 1.82) is 0 Å². The van der Waals surface area contributed by atoms with Gasteiger partial charge < -0.3 is 15.3 Å². The normalized spacial score (nSPS) is 23.2. The average Bonchev–Trinajstić information content (AvgIpc) is 2.87. The molecule has 1 spiro atoms. The summed E-state index contributed by atoms with van der Waals surface area (Å²) >= 11 is 0. The van der Waals surface area contributed by atoms with Crippen LogP contribution >= 0.6 is 0 Å². The van der Waals surface area contributed by atoms with Crippen LogP contribution in [0.25, 0.3) is 0 Å². The van der Waals surface area contributed by atoms with E-state index in [0.717, 1.165) is 31.0 Å². The van der Waals surface area contributed by atoms with Crippen LogP contribution in [0.5, 0.6) is 0 Å². The molecular formula is C17H24N4O3. The summed E-state index contributed by atoms with van der Waals surface area (Å²) in [5.41, 5.74) is 0.577. The fourth-order valence-electron chi connectivity index (χ4n) is 3.74. The van der Waals surface area contributed by atoms with Gasteiger partial charge in [0.25, 0.3) is 0 Å². The minimum absolute atomic E-state index is 0.102. The van der Waals surface area contributed by atoms with Gasteiger partial charge in [0.05, 0.1) is 11.5 Å². The molecule has 1 atom stereocenters. The van der Waals surface area contributed by atoms with Gasteiger partial charge in [-0.15, -0.1) is 0 Å². The lowest BCUT2D eigenvalue weighted by atomic mass is 9.77. The second-order valence-corrected chi connectivity index (χ2v) is 6.99. The Morgan fingerprint density at radius 2 is 2.12 bits per heavy atom. The average molecular weight is 332 g/mol. The number of pyridine rings is 1. The number of piperidine rings is 1. The van der Waals surface area contributed by atoms with E-state index in [-0.39, 0.29) is 12.3 Å². The molecule has 130 valence electrons. The molecule has 2 aliphatic rings. The van der Waals surface area contributed by atoms with Crippen molar-refractivity contribution in [2.24, 2.45) is 5.92 Å². The first-order valence-corrected chi connectivity index (χ1v) is 8.28. The zero-order chi connectivity index (χ0) is 17.3. The number of amides is 1. The number of anilines is 1. The van der Waals surface area contributed by atoms with E-state index in [1.165, 1.54) is 0 Å². The van der Waals surface area contributed by atoms with E-state index in [1.54, 1.807) is 0 Å². The SMILES string of the molecule is CN(C)c1ccc(CN2CCC3(CC2)NC(=O)C[C@H]3C(=O)O)cn1. The van der Waals surface area contributed by atoms with Crippen LogP contribution in [0.2, 0.25) is 0 Å². The number of nitrogens with one attached hydrogen (secondary N) is 1. The Bertz CT molecular complexity index is 621. The molecule has 1 amide bonds. The number of nitrogens with zero attached hydrogens (tertiary/aromatic N) is 3. The number of aliphatic carboxylic acids is 1. The van der Waals surface area contributed by atoms with Crippen molar-refractivity contribution >= 4 is 17.7 Å². The van der Waals surface area contributed by atoms with E-state index in [0.29, 0.717) is 12.8 Å². The quantitative estimate of drug-likeness (QED) is 0.844. The molecule has 0 aliphatic carbocycles. The summed E-state index contributed by atoms with van der Waals surface area (Å²) < 4.78 is 0. The molecule has 7 nitrogen and oxygen atoms in total. The Hall–Kier alpha value is -2.15. The lowest BCUT2D eigenvalue weighted by Gasteiger charge is -2.41. The van der Waals surface area contributed by atoms with Gasteiger partial charge >= 0.3 is 5.97 Å². The number of carboxylic acids is 1. The molecule has 3 rings (SSSR count). The number of hydrogen-bond acceptors (Lipinski definition) is 5. The Balaban J connectivity index is 1.61. The van der Waals surface area contributed by atoms with Gasteiger partial charge in [0.15, 0.2) is 0 Å². The van der Waals surface area contributed by atoms with E-state index in [9.17, 15) is 14.7 Å². The summed E-state index contributed by atoms with van der Waals surface area (Å²) in [6, 6.07) is 4.07. The van der Waals surface area contributed by atoms with Crippen molar-refractivity contribution in [2.75, 3.05) is 32.1 Å². The predicted molar refractivity (Wildman–Crippen MR) is 89.7 cm³/mol. The highest BCUT2D eigenvalue weighted by molar-refractivity contribution is 5.88. The van der Waals surface area contributed by atoms with E-state index in [1.807, 2.05) is 31.3 Å². The Morgan fingerprint density at radius 1 is 1.42 bits per heavy atom. The summed E-state index contributed by atoms with van der Waals surface area (Å²) in [4.78, 5) is 31.8. The Labute approximate surface area is 141 Å². The maximum absolute atomic E-state index is 11.7. The first-order valence-electron chi connectivity index (χ1n) is 8.28. The molecule has 1 aromatic rings. The van der Waals surface area contributed by atoms with Crippen molar-refractivity contribution in [1.82, 2.24) is 15.2 Å². The summed E-state index contributed by atoms with van der Waals surface area (Å²) in [6.07, 6.45) is 3.35. The van der Waals surface area contributed by atoms with Crippen LogP contribution in [-0.4, -0.2) is 59.6 Å². The van der Waals surface area contributed by atoms with Crippen LogP contribution in [-0.2, 0) is 16.1 Å². The fraction of sp³-hybridized carbons (Fsp3) is 0.588. The molecule has 2 fully saturated rings. The van der Waals surface area contributed by atoms with Gasteiger partial charge in [-0.2, -0.15) is 0 Å². The van der Waals surface area contributed by atoms with Gasteiger partial charge in [-0.3, -0.25) is 14.5 Å². The molecule has 7 heteroatoms. The number of carboxylic acid groups (broad SMARTS) is 1. The van der Waals surface area contributed by atoms with Crippen molar-refractivity contribution in [2.45, 2.75) is 31.3 Å². The number of carbonyl (C=O) groups is 2. The minimum atomic E-state index is -0.870. The number of likely N-dealkylation sites (tertiary alicyclic amines) is 1. The molecule has 0 aromatic carbocycles. The molecule has 0 unspecified atom stereocenters.